The molecular weight excluding hydrogens is 208 g/mol. The second-order valence-electron chi connectivity index (χ2n) is 3.61. The predicted octanol–water partition coefficient (Wildman–Crippen LogP) is 0.303. The fourth-order valence-corrected chi connectivity index (χ4v) is 2.05. The quantitative estimate of drug-likeness (QED) is 0.496. The van der Waals surface area contributed by atoms with E-state index in [1.165, 1.54) is 6.92 Å². The molecule has 82 valence electrons. The third kappa shape index (κ3) is 2.24. The van der Waals surface area contributed by atoms with Crippen molar-refractivity contribution in [3.05, 3.63) is 0 Å². The molecule has 1 rings (SSSR count). The van der Waals surface area contributed by atoms with Gasteiger partial charge in [-0.25, -0.2) is 0 Å². The van der Waals surface area contributed by atoms with Crippen molar-refractivity contribution in [1.29, 1.82) is 0 Å². The van der Waals surface area contributed by atoms with E-state index >= 15 is 0 Å². The smallest absolute Gasteiger partial charge is 0.308 e. The number of ether oxygens (including phenoxy) is 1. The van der Waals surface area contributed by atoms with E-state index < -0.39 is 27.4 Å². The fourth-order valence-electron chi connectivity index (χ4n) is 1.01. The van der Waals surface area contributed by atoms with Gasteiger partial charge >= 0.3 is 5.97 Å². The zero-order chi connectivity index (χ0) is 10.9. The van der Waals surface area contributed by atoms with Crippen LogP contribution in [0.4, 0.5) is 0 Å². The summed E-state index contributed by atoms with van der Waals surface area (Å²) >= 11 is 0. The van der Waals surface area contributed by atoms with E-state index in [2.05, 4.69) is 4.18 Å². The summed E-state index contributed by atoms with van der Waals surface area (Å²) in [5, 5.41) is -0.773. The molecule has 2 unspecified atom stereocenters. The fraction of sp³-hybridized carbons (Fsp3) is 0.875. The number of carbonyl (C=O) groups is 1. The Morgan fingerprint density at radius 2 is 2.07 bits per heavy atom. The summed E-state index contributed by atoms with van der Waals surface area (Å²) in [7, 11) is -3.52. The molecule has 0 amide bonds. The number of carbonyl (C=O) groups excluding carboxylic acids is 1. The second kappa shape index (κ2) is 3.86. The summed E-state index contributed by atoms with van der Waals surface area (Å²) < 4.78 is 31.7. The molecule has 0 aromatic carbocycles. The van der Waals surface area contributed by atoms with Crippen LogP contribution in [0.15, 0.2) is 0 Å². The third-order valence-corrected chi connectivity index (χ3v) is 3.79. The molecule has 1 fully saturated rings. The minimum absolute atomic E-state index is 0.0675. The van der Waals surface area contributed by atoms with Gasteiger partial charge in [0.1, 0.15) is 18.0 Å². The standard InChI is InChI=1S/C8H14O5S/c1-5(2)8(9)13-7-4-12-14(10,11)6(7)3/h5-7H,4H2,1-3H3. The Morgan fingerprint density at radius 3 is 2.43 bits per heavy atom. The minimum Gasteiger partial charge on any atom is -0.458 e. The molecule has 0 saturated carbocycles. The van der Waals surface area contributed by atoms with Crippen LogP contribution in [0.5, 0.6) is 0 Å². The Morgan fingerprint density at radius 1 is 1.50 bits per heavy atom. The van der Waals surface area contributed by atoms with Gasteiger partial charge in [0, 0.05) is 0 Å². The Labute approximate surface area is 83.5 Å². The number of hydrogen-bond donors (Lipinski definition) is 0. The maximum Gasteiger partial charge on any atom is 0.308 e. The lowest BCUT2D eigenvalue weighted by Gasteiger charge is -2.14. The zero-order valence-electron chi connectivity index (χ0n) is 8.39. The molecule has 2 atom stereocenters. The molecule has 6 heteroatoms. The van der Waals surface area contributed by atoms with E-state index in [0.29, 0.717) is 0 Å². The molecule has 1 saturated heterocycles. The summed E-state index contributed by atoms with van der Waals surface area (Å²) in [6.45, 7) is 4.79. The molecule has 1 aliphatic heterocycles. The molecule has 0 aromatic heterocycles. The van der Waals surface area contributed by atoms with Crippen LogP contribution in [-0.4, -0.2) is 32.3 Å². The average molecular weight is 222 g/mol. The van der Waals surface area contributed by atoms with Crippen molar-refractivity contribution in [3.8, 4) is 0 Å². The van der Waals surface area contributed by atoms with Gasteiger partial charge < -0.3 is 4.74 Å². The first-order valence-corrected chi connectivity index (χ1v) is 5.90. The second-order valence-corrected chi connectivity index (χ2v) is 5.58. The van der Waals surface area contributed by atoms with Gasteiger partial charge in [0.2, 0.25) is 0 Å². The molecule has 0 N–H and O–H groups in total. The Kier molecular flexibility index (Phi) is 3.16. The third-order valence-electron chi connectivity index (χ3n) is 2.11. The van der Waals surface area contributed by atoms with Crippen molar-refractivity contribution in [3.63, 3.8) is 0 Å². The monoisotopic (exact) mass is 222 g/mol. The number of rotatable bonds is 2. The maximum absolute atomic E-state index is 11.2. The largest absolute Gasteiger partial charge is 0.458 e. The van der Waals surface area contributed by atoms with Gasteiger partial charge in [-0.1, -0.05) is 13.8 Å². The summed E-state index contributed by atoms with van der Waals surface area (Å²) in [6, 6.07) is 0. The van der Waals surface area contributed by atoms with Crippen LogP contribution in [0, 0.1) is 5.92 Å². The highest BCUT2D eigenvalue weighted by atomic mass is 32.2. The summed E-state index contributed by atoms with van der Waals surface area (Å²) in [5.41, 5.74) is 0. The molecular formula is C8H14O5S. The Hall–Kier alpha value is -0.620. The normalized spacial score (nSPS) is 30.6. The van der Waals surface area contributed by atoms with Gasteiger partial charge in [-0.3, -0.25) is 8.98 Å². The van der Waals surface area contributed by atoms with E-state index in [1.54, 1.807) is 13.8 Å². The van der Waals surface area contributed by atoms with Crippen LogP contribution >= 0.6 is 0 Å². The van der Waals surface area contributed by atoms with Crippen molar-refractivity contribution >= 4 is 16.1 Å². The van der Waals surface area contributed by atoms with Crippen LogP contribution in [-0.2, 0) is 23.8 Å². The molecule has 14 heavy (non-hydrogen) atoms. The van der Waals surface area contributed by atoms with E-state index in [-0.39, 0.29) is 12.5 Å². The summed E-state index contributed by atoms with van der Waals surface area (Å²) in [6.07, 6.45) is -0.671. The summed E-state index contributed by atoms with van der Waals surface area (Å²) in [4.78, 5) is 11.2. The maximum atomic E-state index is 11.2. The van der Waals surface area contributed by atoms with E-state index in [1.807, 2.05) is 0 Å². The van der Waals surface area contributed by atoms with Crippen LogP contribution in [0.25, 0.3) is 0 Å². The van der Waals surface area contributed by atoms with Crippen LogP contribution in [0.3, 0.4) is 0 Å². The SMILES string of the molecule is CC(C)C(=O)OC1COS(=O)(=O)C1C. The first-order chi connectivity index (χ1) is 6.34. The lowest BCUT2D eigenvalue weighted by molar-refractivity contribution is -0.153. The molecule has 5 nitrogen and oxygen atoms in total. The highest BCUT2D eigenvalue weighted by Crippen LogP contribution is 2.21. The highest BCUT2D eigenvalue weighted by molar-refractivity contribution is 7.87. The van der Waals surface area contributed by atoms with Gasteiger partial charge in [0.05, 0.1) is 5.92 Å². The lowest BCUT2D eigenvalue weighted by atomic mass is 10.2. The number of hydrogen-bond acceptors (Lipinski definition) is 5. The molecule has 1 heterocycles. The van der Waals surface area contributed by atoms with Crippen LogP contribution < -0.4 is 0 Å². The van der Waals surface area contributed by atoms with Gasteiger partial charge in [0.15, 0.2) is 0 Å². The molecule has 0 aromatic rings. The van der Waals surface area contributed by atoms with Crippen LogP contribution in [0.1, 0.15) is 20.8 Å². The first-order valence-electron chi connectivity index (χ1n) is 4.43. The van der Waals surface area contributed by atoms with Crippen molar-refractivity contribution in [2.75, 3.05) is 6.61 Å². The Balaban J connectivity index is 2.62. The zero-order valence-corrected chi connectivity index (χ0v) is 9.21. The van der Waals surface area contributed by atoms with Gasteiger partial charge in [0.25, 0.3) is 10.1 Å². The average Bonchev–Trinajstić information content (AvgIpc) is 2.32. The first kappa shape index (κ1) is 11.5. The molecule has 0 bridgehead atoms. The van der Waals surface area contributed by atoms with E-state index in [0.717, 1.165) is 0 Å². The lowest BCUT2D eigenvalue weighted by Crippen LogP contribution is -2.30. The van der Waals surface area contributed by atoms with Gasteiger partial charge in [-0.05, 0) is 6.92 Å². The number of esters is 1. The van der Waals surface area contributed by atoms with Crippen molar-refractivity contribution in [2.24, 2.45) is 5.92 Å². The van der Waals surface area contributed by atoms with E-state index in [4.69, 9.17) is 4.74 Å². The van der Waals surface area contributed by atoms with Crippen molar-refractivity contribution in [1.82, 2.24) is 0 Å². The minimum atomic E-state index is -3.52. The molecule has 0 spiro atoms. The van der Waals surface area contributed by atoms with Gasteiger partial charge in [-0.2, -0.15) is 8.42 Å². The molecule has 1 aliphatic rings. The van der Waals surface area contributed by atoms with Gasteiger partial charge in [-0.15, -0.1) is 0 Å². The van der Waals surface area contributed by atoms with Crippen molar-refractivity contribution in [2.45, 2.75) is 32.1 Å². The van der Waals surface area contributed by atoms with Crippen molar-refractivity contribution < 1.29 is 22.1 Å². The topological polar surface area (TPSA) is 69.7 Å². The Bertz CT molecular complexity index is 319. The summed E-state index contributed by atoms with van der Waals surface area (Å²) in [5.74, 6) is -0.659. The van der Waals surface area contributed by atoms with Crippen LogP contribution in [0.2, 0.25) is 0 Å². The molecule has 0 aliphatic carbocycles. The predicted molar refractivity (Wildman–Crippen MR) is 49.1 cm³/mol. The highest BCUT2D eigenvalue weighted by Gasteiger charge is 2.40. The molecule has 0 radical (unpaired) electrons. The van der Waals surface area contributed by atoms with E-state index in [9.17, 15) is 13.2 Å².